The third-order valence-corrected chi connectivity index (χ3v) is 5.92. The van der Waals surface area contributed by atoms with Gasteiger partial charge in [-0.05, 0) is 18.2 Å². The highest BCUT2D eigenvalue weighted by atomic mass is 32.2. The van der Waals surface area contributed by atoms with E-state index in [1.807, 2.05) is 0 Å². The molecule has 2 aliphatic heterocycles. The lowest BCUT2D eigenvalue weighted by molar-refractivity contribution is -0.0110. The summed E-state index contributed by atoms with van der Waals surface area (Å²) in [5.74, 6) is -1.83. The van der Waals surface area contributed by atoms with Crippen LogP contribution in [0.2, 0.25) is 0 Å². The number of sulfonamides is 1. The molecule has 0 aliphatic carbocycles. The van der Waals surface area contributed by atoms with E-state index in [9.17, 15) is 22.4 Å². The maximum absolute atomic E-state index is 14.2. The van der Waals surface area contributed by atoms with Crippen LogP contribution in [0, 0.1) is 11.7 Å². The highest BCUT2D eigenvalue weighted by molar-refractivity contribution is 7.89. The molecular weight excluding hydrogens is 369 g/mol. The molecule has 3 N–H and O–H groups in total. The van der Waals surface area contributed by atoms with Gasteiger partial charge in [-0.1, -0.05) is 0 Å². The van der Waals surface area contributed by atoms with Crippen molar-refractivity contribution < 1.29 is 32.2 Å². The summed E-state index contributed by atoms with van der Waals surface area (Å²) in [7, 11) is -2.62. The van der Waals surface area contributed by atoms with Gasteiger partial charge in [0.05, 0.1) is 23.5 Å². The Morgan fingerprint density at radius 3 is 2.42 bits per heavy atom. The van der Waals surface area contributed by atoms with Gasteiger partial charge < -0.3 is 19.6 Å². The molecule has 2 saturated heterocycles. The zero-order valence-corrected chi connectivity index (χ0v) is 14.7. The van der Waals surface area contributed by atoms with Crippen molar-refractivity contribution in [2.45, 2.75) is 10.5 Å². The number of hydrogen-bond donors (Lipinski definition) is 2. The van der Waals surface area contributed by atoms with Crippen LogP contribution in [0.3, 0.4) is 0 Å². The fourth-order valence-corrected chi connectivity index (χ4v) is 4.14. The first kappa shape index (κ1) is 18.5. The summed E-state index contributed by atoms with van der Waals surface area (Å²) in [6.07, 6.45) is -1.06. The van der Waals surface area contributed by atoms with E-state index in [4.69, 9.17) is 15.0 Å². The van der Waals surface area contributed by atoms with Gasteiger partial charge in [0.15, 0.2) is 0 Å². The first-order chi connectivity index (χ1) is 12.1. The second-order valence-electron chi connectivity index (χ2n) is 6.50. The molecular formula is C15H18FN3O6S. The Hall–Kier alpha value is -2.24. The Morgan fingerprint density at radius 1 is 1.31 bits per heavy atom. The SMILES string of the molecule is CO[C@@]12CN(C(=O)O)C[C@H]1CN(C(=O)c1ccc(S(N)(=O)=O)cc1F)C2. The van der Waals surface area contributed by atoms with Crippen molar-refractivity contribution in [1.82, 2.24) is 9.80 Å². The van der Waals surface area contributed by atoms with Crippen molar-refractivity contribution in [3.05, 3.63) is 29.6 Å². The smallest absolute Gasteiger partial charge is 0.407 e. The maximum Gasteiger partial charge on any atom is 0.407 e. The van der Waals surface area contributed by atoms with E-state index in [0.29, 0.717) is 6.07 Å². The standard InChI is InChI=1S/C15H18FN3O6S/c1-25-15-7-18(5-9(15)6-19(8-15)14(21)22)13(20)11-3-2-10(4-12(11)16)26(17,23)24/h2-4,9H,5-8H2,1H3,(H,21,22)(H2,17,23,24)/t9-,15+/m1/s1. The summed E-state index contributed by atoms with van der Waals surface area (Å²) in [4.78, 5) is 26.0. The van der Waals surface area contributed by atoms with Crippen molar-refractivity contribution in [2.24, 2.45) is 11.1 Å². The van der Waals surface area contributed by atoms with Crippen LogP contribution >= 0.6 is 0 Å². The summed E-state index contributed by atoms with van der Waals surface area (Å²) in [5, 5.41) is 14.1. The highest BCUT2D eigenvalue weighted by Crippen LogP contribution is 2.38. The van der Waals surface area contributed by atoms with E-state index < -0.39 is 38.3 Å². The topological polar surface area (TPSA) is 130 Å². The van der Waals surface area contributed by atoms with Gasteiger partial charge in [-0.15, -0.1) is 0 Å². The number of nitrogens with two attached hydrogens (primary N) is 1. The molecule has 26 heavy (non-hydrogen) atoms. The van der Waals surface area contributed by atoms with Crippen LogP contribution in [-0.2, 0) is 14.8 Å². The van der Waals surface area contributed by atoms with Crippen molar-refractivity contribution in [3.8, 4) is 0 Å². The van der Waals surface area contributed by atoms with Crippen LogP contribution in [0.1, 0.15) is 10.4 Å². The summed E-state index contributed by atoms with van der Waals surface area (Å²) in [6, 6.07) is 2.85. The molecule has 2 amide bonds. The van der Waals surface area contributed by atoms with E-state index in [2.05, 4.69) is 0 Å². The number of carbonyl (C=O) groups excluding carboxylic acids is 1. The molecule has 2 atom stereocenters. The number of carboxylic acid groups (broad SMARTS) is 1. The van der Waals surface area contributed by atoms with Crippen LogP contribution in [0.25, 0.3) is 0 Å². The highest BCUT2D eigenvalue weighted by Gasteiger charge is 2.55. The molecule has 3 rings (SSSR count). The largest absolute Gasteiger partial charge is 0.465 e. The molecule has 11 heteroatoms. The lowest BCUT2D eigenvalue weighted by atomic mass is 9.95. The molecule has 0 aromatic heterocycles. The van der Waals surface area contributed by atoms with Gasteiger partial charge in [-0.3, -0.25) is 4.79 Å². The van der Waals surface area contributed by atoms with Crippen LogP contribution in [-0.4, -0.2) is 74.2 Å². The third-order valence-electron chi connectivity index (χ3n) is 5.01. The van der Waals surface area contributed by atoms with Gasteiger partial charge in [0.25, 0.3) is 5.91 Å². The Bertz CT molecular complexity index is 876. The minimum Gasteiger partial charge on any atom is -0.465 e. The predicted molar refractivity (Wildman–Crippen MR) is 86.5 cm³/mol. The summed E-state index contributed by atoms with van der Waals surface area (Å²) >= 11 is 0. The molecule has 0 saturated carbocycles. The Morgan fingerprint density at radius 2 is 1.92 bits per heavy atom. The number of methoxy groups -OCH3 is 1. The Labute approximate surface area is 149 Å². The van der Waals surface area contributed by atoms with Crippen molar-refractivity contribution in [1.29, 1.82) is 0 Å². The Kier molecular flexibility index (Phi) is 4.41. The number of fused-ring (bicyclic) bond motifs is 1. The molecule has 142 valence electrons. The summed E-state index contributed by atoms with van der Waals surface area (Å²) in [6.45, 7) is 0.680. The number of amides is 2. The average molecular weight is 387 g/mol. The molecule has 2 fully saturated rings. The first-order valence-electron chi connectivity index (χ1n) is 7.72. The second-order valence-corrected chi connectivity index (χ2v) is 8.06. The molecule has 0 spiro atoms. The fourth-order valence-electron chi connectivity index (χ4n) is 3.62. The van der Waals surface area contributed by atoms with Gasteiger partial charge in [-0.2, -0.15) is 0 Å². The first-order valence-corrected chi connectivity index (χ1v) is 9.27. The van der Waals surface area contributed by atoms with Crippen LogP contribution < -0.4 is 5.14 Å². The molecule has 0 radical (unpaired) electrons. The van der Waals surface area contributed by atoms with Gasteiger partial charge >= 0.3 is 6.09 Å². The molecule has 1 aromatic rings. The lowest BCUT2D eigenvalue weighted by Crippen LogP contribution is -2.44. The second kappa shape index (κ2) is 6.18. The maximum atomic E-state index is 14.2. The summed E-state index contributed by atoms with van der Waals surface area (Å²) < 4.78 is 42.3. The third kappa shape index (κ3) is 3.02. The number of primary sulfonamides is 1. The molecule has 0 bridgehead atoms. The van der Waals surface area contributed by atoms with Crippen molar-refractivity contribution in [2.75, 3.05) is 33.3 Å². The number of carbonyl (C=O) groups is 2. The van der Waals surface area contributed by atoms with Crippen molar-refractivity contribution in [3.63, 3.8) is 0 Å². The molecule has 2 aliphatic rings. The van der Waals surface area contributed by atoms with E-state index in [0.717, 1.165) is 12.1 Å². The molecule has 9 nitrogen and oxygen atoms in total. The minimum atomic E-state index is -4.07. The number of halogens is 1. The minimum absolute atomic E-state index is 0.118. The van der Waals surface area contributed by atoms with Gasteiger partial charge in [0.2, 0.25) is 10.0 Å². The van der Waals surface area contributed by atoms with Gasteiger partial charge in [-0.25, -0.2) is 22.7 Å². The van der Waals surface area contributed by atoms with Crippen molar-refractivity contribution >= 4 is 22.0 Å². The number of nitrogens with zero attached hydrogens (tertiary/aromatic N) is 2. The quantitative estimate of drug-likeness (QED) is 0.746. The normalized spacial score (nSPS) is 25.4. The summed E-state index contributed by atoms with van der Waals surface area (Å²) in [5.41, 5.74) is -1.11. The predicted octanol–water partition coefficient (Wildman–Crippen LogP) is -0.0761. The zero-order valence-electron chi connectivity index (χ0n) is 13.9. The van der Waals surface area contributed by atoms with E-state index in [-0.39, 0.29) is 37.7 Å². The zero-order chi connectivity index (χ0) is 19.3. The van der Waals surface area contributed by atoms with Crippen LogP contribution in [0.15, 0.2) is 23.1 Å². The van der Waals surface area contributed by atoms with E-state index >= 15 is 0 Å². The number of ether oxygens (including phenoxy) is 1. The van der Waals surface area contributed by atoms with Gasteiger partial charge in [0, 0.05) is 26.1 Å². The number of benzene rings is 1. The monoisotopic (exact) mass is 387 g/mol. The van der Waals surface area contributed by atoms with Gasteiger partial charge in [0.1, 0.15) is 11.4 Å². The molecule has 0 unspecified atom stereocenters. The Balaban J connectivity index is 1.82. The number of rotatable bonds is 3. The lowest BCUT2D eigenvalue weighted by Gasteiger charge is -2.27. The molecule has 2 heterocycles. The fraction of sp³-hybridized carbons (Fsp3) is 0.467. The van der Waals surface area contributed by atoms with Crippen LogP contribution in [0.4, 0.5) is 9.18 Å². The average Bonchev–Trinajstić information content (AvgIpc) is 3.08. The van der Waals surface area contributed by atoms with E-state index in [1.54, 1.807) is 0 Å². The number of hydrogen-bond acceptors (Lipinski definition) is 5. The van der Waals surface area contributed by atoms with E-state index in [1.165, 1.54) is 16.9 Å². The molecule has 1 aromatic carbocycles. The number of likely N-dealkylation sites (tertiary alicyclic amines) is 2. The van der Waals surface area contributed by atoms with Crippen LogP contribution in [0.5, 0.6) is 0 Å².